The van der Waals surface area contributed by atoms with E-state index in [1.165, 1.54) is 30.5 Å². The number of hydrogen-bond acceptors (Lipinski definition) is 4. The second-order valence-electron chi connectivity index (χ2n) is 3.74. The van der Waals surface area contributed by atoms with Crippen LogP contribution in [0.25, 0.3) is 0 Å². The molecule has 1 aromatic carbocycles. The lowest BCUT2D eigenvalue weighted by Gasteiger charge is -2.09. The van der Waals surface area contributed by atoms with Gasteiger partial charge in [-0.2, -0.15) is 0 Å². The lowest BCUT2D eigenvalue weighted by molar-refractivity contribution is 0.102. The first-order valence-corrected chi connectivity index (χ1v) is 6.48. The lowest BCUT2D eigenvalue weighted by atomic mass is 10.2. The Kier molecular flexibility index (Phi) is 4.45. The van der Waals surface area contributed by atoms with Gasteiger partial charge in [0.25, 0.3) is 5.91 Å². The highest BCUT2D eigenvalue weighted by Crippen LogP contribution is 2.21. The van der Waals surface area contributed by atoms with Crippen molar-refractivity contribution in [1.82, 2.24) is 4.98 Å². The van der Waals surface area contributed by atoms with E-state index in [0.717, 1.165) is 0 Å². The summed E-state index contributed by atoms with van der Waals surface area (Å²) in [6.45, 7) is 0. The molecular formula is C12H9F2IN4O. The molecule has 20 heavy (non-hydrogen) atoms. The summed E-state index contributed by atoms with van der Waals surface area (Å²) in [4.78, 5) is 15.6. The number of benzene rings is 1. The fourth-order valence-corrected chi connectivity index (χ4v) is 2.11. The molecule has 0 aliphatic rings. The molecular weight excluding hydrogens is 381 g/mol. The summed E-state index contributed by atoms with van der Waals surface area (Å²) in [5.41, 5.74) is 2.23. The van der Waals surface area contributed by atoms with Gasteiger partial charge in [-0.05, 0) is 46.9 Å². The molecule has 0 atom stereocenters. The maximum Gasteiger partial charge on any atom is 0.258 e. The van der Waals surface area contributed by atoms with Gasteiger partial charge in [0.05, 0.1) is 11.3 Å². The highest BCUT2D eigenvalue weighted by molar-refractivity contribution is 14.1. The van der Waals surface area contributed by atoms with Gasteiger partial charge in [0.2, 0.25) is 0 Å². The van der Waals surface area contributed by atoms with Gasteiger partial charge in [-0.3, -0.25) is 4.79 Å². The predicted octanol–water partition coefficient (Wildman–Crippen LogP) is 2.50. The number of nitrogens with two attached hydrogens (primary N) is 1. The first kappa shape index (κ1) is 14.6. The van der Waals surface area contributed by atoms with E-state index in [2.05, 4.69) is 15.7 Å². The smallest absolute Gasteiger partial charge is 0.258 e. The molecule has 2 rings (SSSR count). The van der Waals surface area contributed by atoms with Crippen LogP contribution in [0.5, 0.6) is 0 Å². The molecule has 104 valence electrons. The van der Waals surface area contributed by atoms with Crippen LogP contribution in [0.1, 0.15) is 10.4 Å². The quantitative estimate of drug-likeness (QED) is 0.428. The fourth-order valence-electron chi connectivity index (χ4n) is 1.50. The number of nitrogen functional groups attached to an aromatic ring is 1. The van der Waals surface area contributed by atoms with Crippen molar-refractivity contribution in [3.8, 4) is 0 Å². The van der Waals surface area contributed by atoms with Crippen LogP contribution in [0.3, 0.4) is 0 Å². The van der Waals surface area contributed by atoms with Crippen LogP contribution < -0.4 is 16.6 Å². The molecule has 8 heteroatoms. The van der Waals surface area contributed by atoms with E-state index in [-0.39, 0.29) is 11.4 Å². The highest BCUT2D eigenvalue weighted by Gasteiger charge is 2.16. The van der Waals surface area contributed by atoms with Crippen molar-refractivity contribution in [3.05, 3.63) is 51.2 Å². The minimum absolute atomic E-state index is 0.215. The summed E-state index contributed by atoms with van der Waals surface area (Å²) < 4.78 is 27.3. The van der Waals surface area contributed by atoms with Gasteiger partial charge in [-0.25, -0.2) is 19.6 Å². The monoisotopic (exact) mass is 390 g/mol. The Morgan fingerprint density at radius 1 is 1.30 bits per heavy atom. The second-order valence-corrected chi connectivity index (χ2v) is 4.91. The number of hydrogen-bond donors (Lipinski definition) is 3. The zero-order chi connectivity index (χ0) is 14.7. The van der Waals surface area contributed by atoms with Gasteiger partial charge in [0, 0.05) is 9.77 Å². The van der Waals surface area contributed by atoms with Crippen molar-refractivity contribution in [2.75, 3.05) is 10.7 Å². The topological polar surface area (TPSA) is 80.0 Å². The lowest BCUT2D eigenvalue weighted by Crippen LogP contribution is -2.18. The van der Waals surface area contributed by atoms with Crippen LogP contribution >= 0.6 is 22.6 Å². The van der Waals surface area contributed by atoms with E-state index in [9.17, 15) is 13.6 Å². The van der Waals surface area contributed by atoms with Gasteiger partial charge in [-0.1, -0.05) is 0 Å². The normalized spacial score (nSPS) is 10.2. The van der Waals surface area contributed by atoms with Crippen LogP contribution in [0.2, 0.25) is 0 Å². The average molecular weight is 390 g/mol. The van der Waals surface area contributed by atoms with Crippen molar-refractivity contribution in [1.29, 1.82) is 0 Å². The number of pyridine rings is 1. The molecule has 0 bridgehead atoms. The molecule has 0 aliphatic carbocycles. The van der Waals surface area contributed by atoms with Crippen molar-refractivity contribution >= 4 is 40.0 Å². The zero-order valence-corrected chi connectivity index (χ0v) is 12.1. The van der Waals surface area contributed by atoms with Crippen LogP contribution in [-0.4, -0.2) is 10.9 Å². The van der Waals surface area contributed by atoms with E-state index in [1.807, 2.05) is 22.6 Å². The first-order valence-electron chi connectivity index (χ1n) is 5.40. The summed E-state index contributed by atoms with van der Waals surface area (Å²) >= 11 is 1.87. The molecule has 0 radical (unpaired) electrons. The first-order chi connectivity index (χ1) is 9.52. The molecule has 4 N–H and O–H groups in total. The van der Waals surface area contributed by atoms with Crippen molar-refractivity contribution in [3.63, 3.8) is 0 Å². The molecule has 0 unspecified atom stereocenters. The Morgan fingerprint density at radius 3 is 2.70 bits per heavy atom. The van der Waals surface area contributed by atoms with Gasteiger partial charge in [-0.15, -0.1) is 0 Å². The second kappa shape index (κ2) is 6.09. The number of anilines is 2. The standard InChI is InChI=1S/C12H9F2IN4O/c13-6-1-2-9(8(15)5-6)18-12(20)7-3-4-17-11(19-16)10(7)14/h1-5H,16H2,(H,17,19)(H,18,20). The van der Waals surface area contributed by atoms with Crippen LogP contribution in [-0.2, 0) is 0 Å². The summed E-state index contributed by atoms with van der Waals surface area (Å²) in [5.74, 6) is 2.90. The highest BCUT2D eigenvalue weighted by atomic mass is 127. The van der Waals surface area contributed by atoms with Crippen molar-refractivity contribution in [2.45, 2.75) is 0 Å². The third kappa shape index (κ3) is 3.02. The number of carbonyl (C=O) groups excluding carboxylic acids is 1. The molecule has 0 saturated carbocycles. The Hall–Kier alpha value is -1.81. The Labute approximate surface area is 126 Å². The van der Waals surface area contributed by atoms with E-state index >= 15 is 0 Å². The zero-order valence-electron chi connectivity index (χ0n) is 9.95. The van der Waals surface area contributed by atoms with Gasteiger partial charge in [0.15, 0.2) is 11.6 Å². The Bertz CT molecular complexity index is 666. The largest absolute Gasteiger partial charge is 0.321 e. The van der Waals surface area contributed by atoms with Gasteiger partial charge >= 0.3 is 0 Å². The average Bonchev–Trinajstić information content (AvgIpc) is 2.42. The number of nitrogens with zero attached hydrogens (tertiary/aromatic N) is 1. The number of carbonyl (C=O) groups is 1. The number of aromatic nitrogens is 1. The number of nitrogens with one attached hydrogen (secondary N) is 2. The summed E-state index contributed by atoms with van der Waals surface area (Å²) in [7, 11) is 0. The third-order valence-corrected chi connectivity index (χ3v) is 3.34. The molecule has 1 heterocycles. The molecule has 0 aliphatic heterocycles. The van der Waals surface area contributed by atoms with E-state index < -0.39 is 17.5 Å². The molecule has 5 nitrogen and oxygen atoms in total. The fraction of sp³-hybridized carbons (Fsp3) is 0. The SMILES string of the molecule is NNc1nccc(C(=O)Nc2ccc(F)cc2I)c1F. The number of amides is 1. The van der Waals surface area contributed by atoms with Gasteiger partial charge < -0.3 is 10.7 Å². The Balaban J connectivity index is 2.28. The predicted molar refractivity (Wildman–Crippen MR) is 79.1 cm³/mol. The minimum atomic E-state index is -0.857. The molecule has 0 fully saturated rings. The van der Waals surface area contributed by atoms with Crippen molar-refractivity contribution < 1.29 is 13.6 Å². The molecule has 2 aromatic rings. The van der Waals surface area contributed by atoms with E-state index in [1.54, 1.807) is 0 Å². The molecule has 1 aromatic heterocycles. The minimum Gasteiger partial charge on any atom is -0.321 e. The summed E-state index contributed by atoms with van der Waals surface area (Å²) in [6.07, 6.45) is 1.25. The van der Waals surface area contributed by atoms with Crippen molar-refractivity contribution in [2.24, 2.45) is 5.84 Å². The number of rotatable bonds is 3. The van der Waals surface area contributed by atoms with Gasteiger partial charge in [0.1, 0.15) is 5.82 Å². The van der Waals surface area contributed by atoms with Crippen LogP contribution in [0.4, 0.5) is 20.3 Å². The molecule has 1 amide bonds. The number of halogens is 3. The molecule has 0 saturated heterocycles. The molecule has 0 spiro atoms. The van der Waals surface area contributed by atoms with Crippen LogP contribution in [0, 0.1) is 15.2 Å². The Morgan fingerprint density at radius 2 is 2.05 bits per heavy atom. The van der Waals surface area contributed by atoms with E-state index in [4.69, 9.17) is 5.84 Å². The summed E-state index contributed by atoms with van der Waals surface area (Å²) in [6, 6.07) is 5.08. The van der Waals surface area contributed by atoms with E-state index in [0.29, 0.717) is 9.26 Å². The maximum absolute atomic E-state index is 13.9. The number of hydrazine groups is 1. The van der Waals surface area contributed by atoms with Crippen LogP contribution in [0.15, 0.2) is 30.5 Å². The maximum atomic E-state index is 13.9. The third-order valence-electron chi connectivity index (χ3n) is 2.45. The summed E-state index contributed by atoms with van der Waals surface area (Å²) in [5, 5.41) is 2.50.